The summed E-state index contributed by atoms with van der Waals surface area (Å²) in [5.41, 5.74) is 0. The van der Waals surface area contributed by atoms with Crippen molar-refractivity contribution in [3.63, 3.8) is 0 Å². The maximum Gasteiger partial charge on any atom is 0.330 e. The first kappa shape index (κ1) is 28.3. The van der Waals surface area contributed by atoms with Gasteiger partial charge in [0, 0.05) is 12.7 Å². The Kier molecular flexibility index (Phi) is 10.8. The maximum absolute atomic E-state index is 11.2. The van der Waals surface area contributed by atoms with Gasteiger partial charge in [0.2, 0.25) is 0 Å². The van der Waals surface area contributed by atoms with Gasteiger partial charge in [-0.05, 0) is 48.6 Å². The third kappa shape index (κ3) is 9.77. The number of allylic oxidation sites excluding steroid dienone is 2. The van der Waals surface area contributed by atoms with E-state index in [1.165, 1.54) is 13.2 Å². The van der Waals surface area contributed by atoms with Gasteiger partial charge in [-0.15, -0.1) is 0 Å². The van der Waals surface area contributed by atoms with E-state index in [-0.39, 0.29) is 28.1 Å². The summed E-state index contributed by atoms with van der Waals surface area (Å²) in [7, 11) is -2.30. The summed E-state index contributed by atoms with van der Waals surface area (Å²) in [5.74, 6) is -0.131. The van der Waals surface area contributed by atoms with Crippen LogP contribution in [0.3, 0.4) is 0 Å². The minimum absolute atomic E-state index is 0.0865. The average Bonchev–Trinajstić information content (AvgIpc) is 2.54. The number of carbonyl (C=O) groups excluding carboxylic acids is 1. The van der Waals surface area contributed by atoms with Gasteiger partial charge in [-0.2, -0.15) is 0 Å². The molecule has 0 amide bonds. The van der Waals surface area contributed by atoms with Crippen LogP contribution in [0.2, 0.25) is 36.3 Å². The molecule has 0 rings (SSSR count). The van der Waals surface area contributed by atoms with Crippen LogP contribution < -0.4 is 0 Å². The number of carbonyl (C=O) groups is 1. The van der Waals surface area contributed by atoms with Crippen LogP contribution in [0.1, 0.15) is 54.9 Å². The topological polar surface area (TPSA) is 44.8 Å². The average molecular weight is 443 g/mol. The van der Waals surface area contributed by atoms with Crippen LogP contribution in [0.15, 0.2) is 24.3 Å². The monoisotopic (exact) mass is 442 g/mol. The first-order valence-corrected chi connectivity index (χ1v) is 16.5. The highest BCUT2D eigenvalue weighted by atomic mass is 28.4. The number of hydrogen-bond donors (Lipinski definition) is 0. The third-order valence-corrected chi connectivity index (χ3v) is 15.5. The summed E-state index contributed by atoms with van der Waals surface area (Å²) in [5, 5.41) is 0.354. The van der Waals surface area contributed by atoms with Crippen molar-refractivity contribution in [3.8, 4) is 0 Å². The van der Waals surface area contributed by atoms with E-state index in [4.69, 9.17) is 8.85 Å². The molecule has 0 aliphatic heterocycles. The van der Waals surface area contributed by atoms with E-state index < -0.39 is 16.6 Å². The Labute approximate surface area is 182 Å². The lowest BCUT2D eigenvalue weighted by Gasteiger charge is -2.41. The Morgan fingerprint density at radius 1 is 0.931 bits per heavy atom. The van der Waals surface area contributed by atoms with Gasteiger partial charge in [0.25, 0.3) is 0 Å². The molecule has 0 fully saturated rings. The summed E-state index contributed by atoms with van der Waals surface area (Å²) in [6.45, 7) is 25.6. The first-order chi connectivity index (χ1) is 12.9. The molecule has 0 unspecified atom stereocenters. The van der Waals surface area contributed by atoms with Crippen molar-refractivity contribution < 1.29 is 18.4 Å². The Morgan fingerprint density at radius 2 is 1.45 bits per heavy atom. The standard InChI is InChI=1S/C23H46O4Si2/c1-19(15-13-14-16-21(24)25-8)20(27-29(11,12)23(5,6)7)17-18-26-28(9,10)22(2,3)4/h13-16,19-20H,17-18H2,1-12H3/b15-13+,16-14-/t19-,20+/m1/s1. The second-order valence-corrected chi connectivity index (χ2v) is 20.5. The smallest absolute Gasteiger partial charge is 0.330 e. The maximum atomic E-state index is 11.2. The Balaban J connectivity index is 5.28. The second kappa shape index (κ2) is 11.1. The van der Waals surface area contributed by atoms with Crippen LogP contribution >= 0.6 is 0 Å². The summed E-state index contributed by atoms with van der Waals surface area (Å²) in [6, 6.07) is 0. The predicted octanol–water partition coefficient (Wildman–Crippen LogP) is 6.71. The Hall–Kier alpha value is -0.696. The van der Waals surface area contributed by atoms with Crippen molar-refractivity contribution in [2.45, 2.75) is 97.3 Å². The fourth-order valence-corrected chi connectivity index (χ4v) is 4.70. The van der Waals surface area contributed by atoms with E-state index in [1.807, 2.05) is 6.08 Å². The highest BCUT2D eigenvalue weighted by molar-refractivity contribution is 6.74. The number of ether oxygens (including phenoxy) is 1. The largest absolute Gasteiger partial charge is 0.466 e. The Bertz CT molecular complexity index is 566. The molecule has 0 aliphatic rings. The van der Waals surface area contributed by atoms with E-state index in [9.17, 15) is 4.79 Å². The molecule has 0 bridgehead atoms. The highest BCUT2D eigenvalue weighted by Crippen LogP contribution is 2.39. The van der Waals surface area contributed by atoms with Crippen molar-refractivity contribution in [1.82, 2.24) is 0 Å². The van der Waals surface area contributed by atoms with Gasteiger partial charge in [-0.25, -0.2) is 4.79 Å². The number of hydrogen-bond acceptors (Lipinski definition) is 4. The van der Waals surface area contributed by atoms with Crippen molar-refractivity contribution in [2.24, 2.45) is 5.92 Å². The normalized spacial score (nSPS) is 16.4. The molecule has 0 saturated heterocycles. The number of rotatable bonds is 10. The van der Waals surface area contributed by atoms with E-state index >= 15 is 0 Å². The lowest BCUT2D eigenvalue weighted by Crippen LogP contribution is -2.46. The second-order valence-electron chi connectivity index (χ2n) is 10.9. The van der Waals surface area contributed by atoms with E-state index in [0.29, 0.717) is 6.61 Å². The van der Waals surface area contributed by atoms with Crippen LogP contribution in [0.25, 0.3) is 0 Å². The van der Waals surface area contributed by atoms with Gasteiger partial charge in [0.05, 0.1) is 13.2 Å². The molecule has 29 heavy (non-hydrogen) atoms. The minimum Gasteiger partial charge on any atom is -0.466 e. The molecule has 170 valence electrons. The molecule has 4 nitrogen and oxygen atoms in total. The third-order valence-electron chi connectivity index (χ3n) is 6.47. The van der Waals surface area contributed by atoms with Gasteiger partial charge in [0.1, 0.15) is 0 Å². The fourth-order valence-electron chi connectivity index (χ4n) is 2.20. The molecule has 6 heteroatoms. The fraction of sp³-hybridized carbons (Fsp3) is 0.783. The summed E-state index contributed by atoms with van der Waals surface area (Å²) >= 11 is 0. The van der Waals surface area contributed by atoms with E-state index in [2.05, 4.69) is 85.5 Å². The van der Waals surface area contributed by atoms with Gasteiger partial charge in [-0.3, -0.25) is 0 Å². The van der Waals surface area contributed by atoms with Crippen molar-refractivity contribution in [3.05, 3.63) is 24.3 Å². The van der Waals surface area contributed by atoms with E-state index in [0.717, 1.165) is 6.42 Å². The zero-order valence-corrected chi connectivity index (χ0v) is 23.0. The van der Waals surface area contributed by atoms with E-state index in [1.54, 1.807) is 6.08 Å². The molecule has 0 saturated carbocycles. The van der Waals surface area contributed by atoms with Crippen LogP contribution in [0.5, 0.6) is 0 Å². The lowest BCUT2D eigenvalue weighted by atomic mass is 10.0. The number of esters is 1. The predicted molar refractivity (Wildman–Crippen MR) is 129 cm³/mol. The highest BCUT2D eigenvalue weighted by Gasteiger charge is 2.40. The lowest BCUT2D eigenvalue weighted by molar-refractivity contribution is -0.134. The molecule has 2 atom stereocenters. The van der Waals surface area contributed by atoms with Gasteiger partial charge < -0.3 is 13.6 Å². The van der Waals surface area contributed by atoms with Crippen molar-refractivity contribution in [1.29, 1.82) is 0 Å². The molecule has 0 aromatic rings. The molecular formula is C23H46O4Si2. The molecule has 0 aromatic carbocycles. The molecule has 0 N–H and O–H groups in total. The van der Waals surface area contributed by atoms with Gasteiger partial charge in [-0.1, -0.05) is 66.7 Å². The van der Waals surface area contributed by atoms with Crippen LogP contribution in [0, 0.1) is 5.92 Å². The molecule has 0 spiro atoms. The summed E-state index contributed by atoms with van der Waals surface area (Å²) in [6.07, 6.45) is 8.10. The van der Waals surface area contributed by atoms with Crippen LogP contribution in [0.4, 0.5) is 0 Å². The minimum atomic E-state index is -1.90. The number of methoxy groups -OCH3 is 1. The van der Waals surface area contributed by atoms with Crippen LogP contribution in [-0.2, 0) is 18.4 Å². The first-order valence-electron chi connectivity index (χ1n) is 10.7. The molecule has 0 aromatic heterocycles. The molecule has 0 radical (unpaired) electrons. The zero-order chi connectivity index (χ0) is 23.1. The molecule has 0 aliphatic carbocycles. The van der Waals surface area contributed by atoms with Gasteiger partial charge >= 0.3 is 5.97 Å². The molecular weight excluding hydrogens is 396 g/mol. The van der Waals surface area contributed by atoms with Gasteiger partial charge in [0.15, 0.2) is 16.6 Å². The van der Waals surface area contributed by atoms with Crippen molar-refractivity contribution >= 4 is 22.6 Å². The Morgan fingerprint density at radius 3 is 1.90 bits per heavy atom. The summed E-state index contributed by atoms with van der Waals surface area (Å²) < 4.78 is 17.8. The molecule has 0 heterocycles. The van der Waals surface area contributed by atoms with Crippen molar-refractivity contribution in [2.75, 3.05) is 13.7 Å². The SMILES string of the molecule is COC(=O)/C=C\C=C\[C@@H](C)[C@H](CCO[Si](C)(C)C(C)(C)C)O[Si](C)(C)C(C)(C)C. The zero-order valence-electron chi connectivity index (χ0n) is 21.0. The summed E-state index contributed by atoms with van der Waals surface area (Å²) in [4.78, 5) is 11.2. The van der Waals surface area contributed by atoms with Crippen LogP contribution in [-0.4, -0.2) is 42.4 Å². The quantitative estimate of drug-likeness (QED) is 0.163.